The van der Waals surface area contributed by atoms with Crippen molar-refractivity contribution in [3.8, 4) is 0 Å². The summed E-state index contributed by atoms with van der Waals surface area (Å²) in [6.07, 6.45) is 0.114. The number of aliphatic hydroxyl groups excluding tert-OH is 1. The summed E-state index contributed by atoms with van der Waals surface area (Å²) in [7, 11) is 3.07. The normalized spacial score (nSPS) is 13.4. The number of aliphatic hydroxyl groups is 1. The van der Waals surface area contributed by atoms with Crippen LogP contribution < -0.4 is 15.5 Å². The summed E-state index contributed by atoms with van der Waals surface area (Å²) >= 11 is 0. The van der Waals surface area contributed by atoms with Gasteiger partial charge in [-0.2, -0.15) is 0 Å². The average molecular weight is 315 g/mol. The molecular formula is C15H23F2N3O2. The Bertz CT molecular complexity index is 499. The van der Waals surface area contributed by atoms with Crippen LogP contribution in [-0.2, 0) is 0 Å². The van der Waals surface area contributed by atoms with Crippen molar-refractivity contribution in [3.05, 3.63) is 23.8 Å². The van der Waals surface area contributed by atoms with Crippen molar-refractivity contribution < 1.29 is 18.7 Å². The summed E-state index contributed by atoms with van der Waals surface area (Å²) in [5, 5.41) is 14.2. The van der Waals surface area contributed by atoms with Gasteiger partial charge in [-0.3, -0.25) is 0 Å². The van der Waals surface area contributed by atoms with Crippen LogP contribution in [0.2, 0.25) is 0 Å². The molecule has 0 saturated carbocycles. The molecule has 0 unspecified atom stereocenters. The first kappa shape index (κ1) is 18.2. The molecule has 0 aliphatic heterocycles. The molecule has 0 heterocycles. The van der Waals surface area contributed by atoms with Gasteiger partial charge in [0, 0.05) is 26.3 Å². The van der Waals surface area contributed by atoms with Gasteiger partial charge in [0.25, 0.3) is 0 Å². The third-order valence-corrected chi connectivity index (χ3v) is 3.08. The predicted octanol–water partition coefficient (Wildman–Crippen LogP) is 2.56. The molecule has 0 aliphatic rings. The lowest BCUT2D eigenvalue weighted by Gasteiger charge is -2.17. The Morgan fingerprint density at radius 3 is 2.27 bits per heavy atom. The summed E-state index contributed by atoms with van der Waals surface area (Å²) in [5.41, 5.74) is -0.113. The minimum Gasteiger partial charge on any atom is -0.393 e. The molecule has 1 aromatic carbocycles. The van der Waals surface area contributed by atoms with E-state index in [1.165, 1.54) is 19.0 Å². The van der Waals surface area contributed by atoms with Crippen molar-refractivity contribution in [2.24, 2.45) is 5.92 Å². The quantitative estimate of drug-likeness (QED) is 0.756. The van der Waals surface area contributed by atoms with Crippen LogP contribution in [0.4, 0.5) is 25.0 Å². The minimum atomic E-state index is -0.747. The van der Waals surface area contributed by atoms with E-state index in [-0.39, 0.29) is 17.3 Å². The van der Waals surface area contributed by atoms with Crippen molar-refractivity contribution in [3.63, 3.8) is 0 Å². The van der Waals surface area contributed by atoms with Crippen LogP contribution in [0.3, 0.4) is 0 Å². The Labute approximate surface area is 129 Å². The van der Waals surface area contributed by atoms with Crippen molar-refractivity contribution in [1.82, 2.24) is 5.32 Å². The fourth-order valence-electron chi connectivity index (χ4n) is 2.17. The highest BCUT2D eigenvalue weighted by molar-refractivity contribution is 5.89. The summed E-state index contributed by atoms with van der Waals surface area (Å²) in [6, 6.07) is 1.59. The van der Waals surface area contributed by atoms with Crippen LogP contribution in [0.15, 0.2) is 12.1 Å². The third-order valence-electron chi connectivity index (χ3n) is 3.08. The molecule has 0 bridgehead atoms. The third kappa shape index (κ3) is 5.48. The molecule has 124 valence electrons. The monoisotopic (exact) mass is 315 g/mol. The number of hydrogen-bond donors (Lipinski definition) is 3. The van der Waals surface area contributed by atoms with Crippen molar-refractivity contribution >= 4 is 17.4 Å². The molecule has 1 aromatic rings. The maximum absolute atomic E-state index is 13.8. The number of nitrogens with one attached hydrogen (secondary N) is 2. The second kappa shape index (κ2) is 7.93. The van der Waals surface area contributed by atoms with Crippen LogP contribution in [0.25, 0.3) is 0 Å². The van der Waals surface area contributed by atoms with E-state index in [4.69, 9.17) is 0 Å². The maximum Gasteiger partial charge on any atom is 0.319 e. The first-order chi connectivity index (χ1) is 10.2. The zero-order valence-corrected chi connectivity index (χ0v) is 13.3. The number of halogens is 2. The van der Waals surface area contributed by atoms with Crippen LogP contribution in [0.5, 0.6) is 0 Å². The molecule has 2 amide bonds. The fraction of sp³-hybridized carbons (Fsp3) is 0.533. The van der Waals surface area contributed by atoms with Gasteiger partial charge in [-0.05, 0) is 31.4 Å². The molecule has 0 aromatic heterocycles. The van der Waals surface area contributed by atoms with Crippen molar-refractivity contribution in [1.29, 1.82) is 0 Å². The highest BCUT2D eigenvalue weighted by Crippen LogP contribution is 2.25. The van der Waals surface area contributed by atoms with Gasteiger partial charge in [-0.15, -0.1) is 0 Å². The highest BCUT2D eigenvalue weighted by atomic mass is 19.1. The molecule has 0 fully saturated rings. The largest absolute Gasteiger partial charge is 0.393 e. The van der Waals surface area contributed by atoms with Gasteiger partial charge in [0.15, 0.2) is 11.6 Å². The molecule has 1 rings (SSSR count). The van der Waals surface area contributed by atoms with E-state index in [1.54, 1.807) is 6.92 Å². The lowest BCUT2D eigenvalue weighted by atomic mass is 10.1. The number of carbonyl (C=O) groups is 1. The van der Waals surface area contributed by atoms with E-state index in [2.05, 4.69) is 10.6 Å². The van der Waals surface area contributed by atoms with Crippen LogP contribution in [-0.4, -0.2) is 37.9 Å². The Hall–Kier alpha value is -1.89. The summed E-state index contributed by atoms with van der Waals surface area (Å²) in [5.74, 6) is -1.40. The first-order valence-corrected chi connectivity index (χ1v) is 7.10. The zero-order valence-electron chi connectivity index (χ0n) is 13.3. The maximum atomic E-state index is 13.8. The Morgan fingerprint density at radius 1 is 1.27 bits per heavy atom. The number of nitrogens with zero attached hydrogens (tertiary/aromatic N) is 1. The molecule has 0 radical (unpaired) electrons. The Morgan fingerprint density at radius 2 is 1.82 bits per heavy atom. The van der Waals surface area contributed by atoms with Crippen molar-refractivity contribution in [2.45, 2.75) is 26.4 Å². The van der Waals surface area contributed by atoms with E-state index >= 15 is 0 Å². The molecule has 0 spiro atoms. The number of anilines is 2. The fourth-order valence-corrected chi connectivity index (χ4v) is 2.17. The topological polar surface area (TPSA) is 64.6 Å². The summed E-state index contributed by atoms with van der Waals surface area (Å²) in [4.78, 5) is 13.0. The second-order valence-electron chi connectivity index (χ2n) is 5.71. The number of hydrogen-bond acceptors (Lipinski definition) is 3. The predicted molar refractivity (Wildman–Crippen MR) is 83.2 cm³/mol. The SMILES string of the molecule is C[C@H](CNC(=O)Nc1cc(F)c(N(C)C)c(F)c1)C[C@H](C)O. The smallest absolute Gasteiger partial charge is 0.319 e. The molecular weight excluding hydrogens is 292 g/mol. The van der Waals surface area contributed by atoms with Gasteiger partial charge in [-0.25, -0.2) is 13.6 Å². The van der Waals surface area contributed by atoms with E-state index in [0.29, 0.717) is 13.0 Å². The van der Waals surface area contributed by atoms with Gasteiger partial charge >= 0.3 is 6.03 Å². The van der Waals surface area contributed by atoms with Gasteiger partial charge in [0.05, 0.1) is 6.10 Å². The first-order valence-electron chi connectivity index (χ1n) is 7.10. The van der Waals surface area contributed by atoms with Gasteiger partial charge < -0.3 is 20.6 Å². The summed E-state index contributed by atoms with van der Waals surface area (Å²) < 4.78 is 27.6. The highest BCUT2D eigenvalue weighted by Gasteiger charge is 2.14. The van der Waals surface area contributed by atoms with E-state index < -0.39 is 23.8 Å². The van der Waals surface area contributed by atoms with E-state index in [1.807, 2.05) is 6.92 Å². The van der Waals surface area contributed by atoms with Gasteiger partial charge in [0.1, 0.15) is 5.69 Å². The van der Waals surface area contributed by atoms with Crippen LogP contribution in [0, 0.1) is 17.6 Å². The average Bonchev–Trinajstić information content (AvgIpc) is 2.34. The van der Waals surface area contributed by atoms with Crippen LogP contribution in [0.1, 0.15) is 20.3 Å². The zero-order chi connectivity index (χ0) is 16.9. The number of amides is 2. The molecule has 2 atom stereocenters. The standard InChI is InChI=1S/C15H23F2N3O2/c1-9(5-10(2)21)8-18-15(22)19-11-6-12(16)14(20(3)4)13(17)7-11/h6-7,9-10,21H,5,8H2,1-4H3,(H2,18,19,22)/t9-,10-/m0/s1. The molecule has 3 N–H and O–H groups in total. The molecule has 5 nitrogen and oxygen atoms in total. The van der Waals surface area contributed by atoms with Crippen LogP contribution >= 0.6 is 0 Å². The Kier molecular flexibility index (Phi) is 6.55. The number of carbonyl (C=O) groups excluding carboxylic acids is 1. The molecule has 22 heavy (non-hydrogen) atoms. The lowest BCUT2D eigenvalue weighted by Crippen LogP contribution is -2.33. The second-order valence-corrected chi connectivity index (χ2v) is 5.71. The molecule has 0 saturated heterocycles. The molecule has 0 aliphatic carbocycles. The Balaban J connectivity index is 2.62. The van der Waals surface area contributed by atoms with Crippen molar-refractivity contribution in [2.75, 3.05) is 30.9 Å². The van der Waals surface area contributed by atoms with E-state index in [9.17, 15) is 18.7 Å². The van der Waals surface area contributed by atoms with E-state index in [0.717, 1.165) is 12.1 Å². The molecule has 7 heteroatoms. The number of rotatable bonds is 6. The number of urea groups is 1. The van der Waals surface area contributed by atoms with Gasteiger partial charge in [0.2, 0.25) is 0 Å². The summed E-state index contributed by atoms with van der Waals surface area (Å²) in [6.45, 7) is 3.92. The minimum absolute atomic E-state index is 0.0429. The van der Waals surface area contributed by atoms with Gasteiger partial charge in [-0.1, -0.05) is 6.92 Å². The number of benzene rings is 1. The lowest BCUT2D eigenvalue weighted by molar-refractivity contribution is 0.163.